The number of hydrogen-bond donors (Lipinski definition) is 1. The number of nitrogens with one attached hydrogen (secondary N) is 1. The summed E-state index contributed by atoms with van der Waals surface area (Å²) in [7, 11) is 1.62. The van der Waals surface area contributed by atoms with Gasteiger partial charge in [0.05, 0.1) is 7.11 Å². The Morgan fingerprint density at radius 3 is 2.50 bits per heavy atom. The zero-order valence-electron chi connectivity index (χ0n) is 18.4. The van der Waals surface area contributed by atoms with Gasteiger partial charge in [-0.15, -0.1) is 13.2 Å². The Kier molecular flexibility index (Phi) is 10.2. The third-order valence-electron chi connectivity index (χ3n) is 5.42. The number of hydrogen-bond acceptors (Lipinski definition) is 4. The van der Waals surface area contributed by atoms with Crippen molar-refractivity contribution in [2.75, 3.05) is 33.4 Å². The quantitative estimate of drug-likeness (QED) is 0.407. The zero-order chi connectivity index (χ0) is 21.8. The molecule has 1 fully saturated rings. The van der Waals surface area contributed by atoms with Crippen molar-refractivity contribution < 1.29 is 14.3 Å². The highest BCUT2D eigenvalue weighted by Crippen LogP contribution is 2.28. The van der Waals surface area contributed by atoms with Crippen LogP contribution in [0.4, 0.5) is 0 Å². The van der Waals surface area contributed by atoms with E-state index in [0.717, 1.165) is 44.0 Å². The van der Waals surface area contributed by atoms with Crippen LogP contribution in [-0.2, 0) is 4.79 Å². The molecule has 1 saturated carbocycles. The van der Waals surface area contributed by atoms with Crippen molar-refractivity contribution in [1.29, 1.82) is 0 Å². The van der Waals surface area contributed by atoms with Gasteiger partial charge >= 0.3 is 0 Å². The lowest BCUT2D eigenvalue weighted by Gasteiger charge is -2.26. The molecule has 1 aromatic rings. The van der Waals surface area contributed by atoms with Crippen LogP contribution in [0.1, 0.15) is 38.2 Å². The van der Waals surface area contributed by atoms with Gasteiger partial charge in [-0.05, 0) is 55.4 Å². The number of carbonyl (C=O) groups is 1. The van der Waals surface area contributed by atoms with Crippen molar-refractivity contribution in [3.63, 3.8) is 0 Å². The van der Waals surface area contributed by atoms with E-state index >= 15 is 0 Å². The fourth-order valence-corrected chi connectivity index (χ4v) is 3.64. The van der Waals surface area contributed by atoms with Gasteiger partial charge in [0.2, 0.25) is 5.91 Å². The lowest BCUT2D eigenvalue weighted by atomic mass is 9.87. The highest BCUT2D eigenvalue weighted by atomic mass is 16.5. The summed E-state index contributed by atoms with van der Waals surface area (Å²) in [6.07, 6.45) is 11.7. The second-order valence-electron chi connectivity index (χ2n) is 7.89. The highest BCUT2D eigenvalue weighted by molar-refractivity contribution is 5.92. The van der Waals surface area contributed by atoms with E-state index in [-0.39, 0.29) is 5.91 Å². The van der Waals surface area contributed by atoms with Crippen molar-refractivity contribution in [2.24, 2.45) is 5.92 Å². The summed E-state index contributed by atoms with van der Waals surface area (Å²) >= 11 is 0. The van der Waals surface area contributed by atoms with Crippen molar-refractivity contribution in [2.45, 2.75) is 38.6 Å². The highest BCUT2D eigenvalue weighted by Gasteiger charge is 2.18. The van der Waals surface area contributed by atoms with Crippen LogP contribution in [0.2, 0.25) is 0 Å². The van der Waals surface area contributed by atoms with Gasteiger partial charge in [0.25, 0.3) is 0 Å². The number of nitrogens with zero attached hydrogens (tertiary/aromatic N) is 1. The minimum Gasteiger partial charge on any atom is -0.493 e. The van der Waals surface area contributed by atoms with Crippen molar-refractivity contribution >= 4 is 12.0 Å². The number of benzene rings is 1. The maximum Gasteiger partial charge on any atom is 0.244 e. The molecule has 0 aliphatic heterocycles. The predicted molar refractivity (Wildman–Crippen MR) is 124 cm³/mol. The Hall–Kier alpha value is -2.53. The normalized spacial score (nSPS) is 18.9. The number of carbonyl (C=O) groups excluding carboxylic acids is 1. The molecule has 2 rings (SSSR count). The van der Waals surface area contributed by atoms with E-state index in [1.807, 2.05) is 36.4 Å². The number of rotatable bonds is 12. The molecule has 5 nitrogen and oxygen atoms in total. The second-order valence-corrected chi connectivity index (χ2v) is 7.89. The van der Waals surface area contributed by atoms with Gasteiger partial charge in [-0.1, -0.05) is 25.1 Å². The van der Waals surface area contributed by atoms with Crippen molar-refractivity contribution in [3.8, 4) is 11.5 Å². The van der Waals surface area contributed by atoms with Crippen molar-refractivity contribution in [1.82, 2.24) is 10.2 Å². The molecular formula is C25H36N2O3. The number of ether oxygens (including phenoxy) is 2. The summed E-state index contributed by atoms with van der Waals surface area (Å²) < 4.78 is 11.4. The molecule has 164 valence electrons. The number of amides is 1. The van der Waals surface area contributed by atoms with E-state index in [9.17, 15) is 4.79 Å². The first-order valence-corrected chi connectivity index (χ1v) is 10.8. The number of methoxy groups -OCH3 is 1. The van der Waals surface area contributed by atoms with Gasteiger partial charge in [-0.3, -0.25) is 9.69 Å². The average molecular weight is 413 g/mol. The molecule has 0 radical (unpaired) electrons. The molecule has 0 saturated heterocycles. The topological polar surface area (TPSA) is 50.8 Å². The lowest BCUT2D eigenvalue weighted by molar-refractivity contribution is -0.117. The molecule has 0 bridgehead atoms. The van der Waals surface area contributed by atoms with Gasteiger partial charge < -0.3 is 14.8 Å². The standard InChI is InChI=1S/C25H36N2O3/c1-5-15-27(16-6-2)17-18-30-23-13-9-21(19-24(23)29-4)10-14-25(28)26-22-11-7-20(3)8-12-22/h5-6,9-10,13-14,19-20,22H,1-2,7-8,11-12,15-18H2,3-4H3,(H,26,28). The summed E-state index contributed by atoms with van der Waals surface area (Å²) in [5.41, 5.74) is 0.895. The first kappa shape index (κ1) is 23.7. The molecular weight excluding hydrogens is 376 g/mol. The summed E-state index contributed by atoms with van der Waals surface area (Å²) in [4.78, 5) is 14.4. The maximum atomic E-state index is 12.2. The maximum absolute atomic E-state index is 12.2. The van der Waals surface area contributed by atoms with E-state index in [4.69, 9.17) is 9.47 Å². The molecule has 1 aliphatic carbocycles. The Labute approximate surface area is 181 Å². The van der Waals surface area contributed by atoms with Gasteiger partial charge in [-0.2, -0.15) is 0 Å². The van der Waals surface area contributed by atoms with Crippen LogP contribution in [0.5, 0.6) is 11.5 Å². The molecule has 1 amide bonds. The molecule has 1 aliphatic rings. The Bertz CT molecular complexity index is 711. The van der Waals surface area contributed by atoms with Gasteiger partial charge in [-0.25, -0.2) is 0 Å². The van der Waals surface area contributed by atoms with Crippen LogP contribution in [0.15, 0.2) is 49.6 Å². The monoisotopic (exact) mass is 412 g/mol. The summed E-state index contributed by atoms with van der Waals surface area (Å²) in [5.74, 6) is 2.07. The Morgan fingerprint density at radius 2 is 1.87 bits per heavy atom. The Balaban J connectivity index is 1.88. The second kappa shape index (κ2) is 12.9. The smallest absolute Gasteiger partial charge is 0.244 e. The summed E-state index contributed by atoms with van der Waals surface area (Å²) in [5, 5.41) is 3.11. The molecule has 1 N–H and O–H groups in total. The zero-order valence-corrected chi connectivity index (χ0v) is 18.4. The van der Waals surface area contributed by atoms with Crippen LogP contribution in [0.25, 0.3) is 6.08 Å². The summed E-state index contributed by atoms with van der Waals surface area (Å²) in [6.45, 7) is 12.7. The third kappa shape index (κ3) is 8.07. The van der Waals surface area contributed by atoms with Crippen molar-refractivity contribution in [3.05, 3.63) is 55.1 Å². The molecule has 0 aromatic heterocycles. The summed E-state index contributed by atoms with van der Waals surface area (Å²) in [6, 6.07) is 5.98. The van der Waals surface area contributed by atoms with E-state index in [1.54, 1.807) is 13.2 Å². The van der Waals surface area contributed by atoms with Crippen LogP contribution < -0.4 is 14.8 Å². The predicted octanol–water partition coefficient (Wildman–Crippen LogP) is 4.46. The van der Waals surface area contributed by atoms with Crippen LogP contribution in [0.3, 0.4) is 0 Å². The fourth-order valence-electron chi connectivity index (χ4n) is 3.64. The molecule has 0 atom stereocenters. The minimum absolute atomic E-state index is 0.0432. The molecule has 1 aromatic carbocycles. The Morgan fingerprint density at radius 1 is 1.17 bits per heavy atom. The van der Waals surface area contributed by atoms with Crippen LogP contribution >= 0.6 is 0 Å². The molecule has 5 heteroatoms. The largest absolute Gasteiger partial charge is 0.493 e. The van der Waals surface area contributed by atoms with Gasteiger partial charge in [0, 0.05) is 31.8 Å². The molecule has 30 heavy (non-hydrogen) atoms. The minimum atomic E-state index is -0.0432. The average Bonchev–Trinajstić information content (AvgIpc) is 2.74. The lowest BCUT2D eigenvalue weighted by Crippen LogP contribution is -2.36. The van der Waals surface area contributed by atoms with Crippen LogP contribution in [-0.4, -0.2) is 50.2 Å². The van der Waals surface area contributed by atoms with E-state index in [2.05, 4.69) is 30.3 Å². The fraction of sp³-hybridized carbons (Fsp3) is 0.480. The van der Waals surface area contributed by atoms with E-state index in [0.29, 0.717) is 24.1 Å². The molecule has 0 unspecified atom stereocenters. The first-order chi connectivity index (χ1) is 14.5. The van der Waals surface area contributed by atoms with Gasteiger partial charge in [0.1, 0.15) is 6.61 Å². The van der Waals surface area contributed by atoms with E-state index < -0.39 is 0 Å². The first-order valence-electron chi connectivity index (χ1n) is 10.8. The molecule has 0 spiro atoms. The van der Waals surface area contributed by atoms with Gasteiger partial charge in [0.15, 0.2) is 11.5 Å². The molecule has 0 heterocycles. The van der Waals surface area contributed by atoms with Crippen LogP contribution in [0, 0.1) is 5.92 Å². The SMILES string of the molecule is C=CCN(CC=C)CCOc1ccc(C=CC(=O)NC2CCC(C)CC2)cc1OC. The van der Waals surface area contributed by atoms with E-state index in [1.165, 1.54) is 12.8 Å². The third-order valence-corrected chi connectivity index (χ3v) is 5.42.